The predicted octanol–water partition coefficient (Wildman–Crippen LogP) is 3.98. The van der Waals surface area contributed by atoms with E-state index in [1.54, 1.807) is 6.08 Å². The number of esters is 1. The molecule has 2 saturated heterocycles. The Bertz CT molecular complexity index is 576. The Balaban J connectivity index is 1.64. The van der Waals surface area contributed by atoms with E-state index < -0.39 is 0 Å². The Morgan fingerprint density at radius 2 is 2.00 bits per heavy atom. The molecule has 1 aromatic rings. The van der Waals surface area contributed by atoms with E-state index in [4.69, 9.17) is 9.47 Å². The number of fused-ring (bicyclic) bond motifs is 3. The number of carbonyl (C=O) groups is 1. The van der Waals surface area contributed by atoms with Crippen LogP contribution in [-0.4, -0.2) is 23.3 Å². The summed E-state index contributed by atoms with van der Waals surface area (Å²) in [5.41, 5.74) is 0.526. The molecule has 2 aliphatic heterocycles. The molecule has 1 aliphatic carbocycles. The van der Waals surface area contributed by atoms with Gasteiger partial charge in [-0.15, -0.1) is 0 Å². The molecule has 0 aromatic heterocycles. The first-order valence-corrected chi connectivity index (χ1v) is 8.03. The van der Waals surface area contributed by atoms with Gasteiger partial charge in [0.2, 0.25) is 0 Å². The van der Waals surface area contributed by atoms with Crippen LogP contribution in [0.5, 0.6) is 0 Å². The van der Waals surface area contributed by atoms with E-state index >= 15 is 0 Å². The Morgan fingerprint density at radius 3 is 2.64 bits per heavy atom. The van der Waals surface area contributed by atoms with Gasteiger partial charge < -0.3 is 9.47 Å². The number of carbonyl (C=O) groups excluding carboxylic acids is 1. The molecule has 22 heavy (non-hydrogen) atoms. The molecular weight excluding hydrogens is 276 g/mol. The van der Waals surface area contributed by atoms with Gasteiger partial charge in [0.15, 0.2) is 0 Å². The maximum atomic E-state index is 12.1. The molecule has 0 amide bonds. The second kappa shape index (κ2) is 5.54. The van der Waals surface area contributed by atoms with Crippen molar-refractivity contribution in [2.24, 2.45) is 5.92 Å². The van der Waals surface area contributed by atoms with Crippen LogP contribution in [0.25, 0.3) is 6.08 Å². The minimum absolute atomic E-state index is 0.115. The summed E-state index contributed by atoms with van der Waals surface area (Å²) in [5.74, 6) is 0.175. The molecule has 2 bridgehead atoms. The molecule has 4 rings (SSSR count). The van der Waals surface area contributed by atoms with Crippen molar-refractivity contribution < 1.29 is 14.3 Å². The van der Waals surface area contributed by atoms with Gasteiger partial charge in [-0.05, 0) is 57.6 Å². The topological polar surface area (TPSA) is 35.5 Å². The van der Waals surface area contributed by atoms with Crippen molar-refractivity contribution in [3.8, 4) is 0 Å². The van der Waals surface area contributed by atoms with Gasteiger partial charge in [0.1, 0.15) is 11.7 Å². The quantitative estimate of drug-likeness (QED) is 0.625. The van der Waals surface area contributed by atoms with Crippen molar-refractivity contribution in [1.82, 2.24) is 0 Å². The monoisotopic (exact) mass is 300 g/mol. The second-order valence-electron chi connectivity index (χ2n) is 7.16. The third-order valence-corrected chi connectivity index (χ3v) is 5.12. The van der Waals surface area contributed by atoms with Crippen LogP contribution in [-0.2, 0) is 14.3 Å². The number of rotatable bonds is 3. The smallest absolute Gasteiger partial charge is 0.331 e. The average molecular weight is 300 g/mol. The van der Waals surface area contributed by atoms with Gasteiger partial charge in [-0.3, -0.25) is 0 Å². The fourth-order valence-corrected chi connectivity index (χ4v) is 3.76. The zero-order chi connectivity index (χ0) is 15.8. The molecule has 0 N–H and O–H groups in total. The standard InChI is InChI=1S/C19H24O3/c1-18(2)15-11-12-19(3,22-18)16(13-15)21-17(20)10-9-14-7-5-4-6-8-14/h4-10,15-16H,11-13H2,1-3H3/b10-9+/t15-,16+,19-/m1/s1. The van der Waals surface area contributed by atoms with Crippen molar-refractivity contribution in [2.45, 2.75) is 57.3 Å². The Hall–Kier alpha value is -1.61. The van der Waals surface area contributed by atoms with Crippen molar-refractivity contribution in [1.29, 1.82) is 0 Å². The maximum Gasteiger partial charge on any atom is 0.331 e. The van der Waals surface area contributed by atoms with Gasteiger partial charge in [0, 0.05) is 6.08 Å². The highest BCUT2D eigenvalue weighted by Crippen LogP contribution is 2.50. The van der Waals surface area contributed by atoms with Crippen LogP contribution in [0.15, 0.2) is 36.4 Å². The molecular formula is C19H24O3. The summed E-state index contributed by atoms with van der Waals surface area (Å²) in [6.07, 6.45) is 6.16. The van der Waals surface area contributed by atoms with E-state index in [1.165, 1.54) is 6.08 Å². The van der Waals surface area contributed by atoms with Crippen molar-refractivity contribution in [3.63, 3.8) is 0 Å². The van der Waals surface area contributed by atoms with E-state index in [2.05, 4.69) is 20.8 Å². The van der Waals surface area contributed by atoms with Gasteiger partial charge in [-0.1, -0.05) is 30.3 Å². The molecule has 3 aliphatic rings. The zero-order valence-electron chi connectivity index (χ0n) is 13.5. The van der Waals surface area contributed by atoms with Crippen LogP contribution >= 0.6 is 0 Å². The van der Waals surface area contributed by atoms with Crippen molar-refractivity contribution >= 4 is 12.0 Å². The van der Waals surface area contributed by atoms with Crippen LogP contribution in [0.4, 0.5) is 0 Å². The predicted molar refractivity (Wildman–Crippen MR) is 86.3 cm³/mol. The molecule has 3 nitrogen and oxygen atoms in total. The highest BCUT2D eigenvalue weighted by molar-refractivity contribution is 5.87. The summed E-state index contributed by atoms with van der Waals surface area (Å²) in [4.78, 5) is 12.1. The molecule has 1 aromatic carbocycles. The number of hydrogen-bond acceptors (Lipinski definition) is 3. The molecule has 2 heterocycles. The largest absolute Gasteiger partial charge is 0.456 e. The Kier molecular flexibility index (Phi) is 3.85. The highest BCUT2D eigenvalue weighted by Gasteiger charge is 2.55. The third kappa shape index (κ3) is 2.95. The summed E-state index contributed by atoms with van der Waals surface area (Å²) < 4.78 is 11.9. The highest BCUT2D eigenvalue weighted by atomic mass is 16.6. The summed E-state index contributed by atoms with van der Waals surface area (Å²) in [6, 6.07) is 9.76. The lowest BCUT2D eigenvalue weighted by Crippen LogP contribution is -2.62. The van der Waals surface area contributed by atoms with E-state index in [-0.39, 0.29) is 23.3 Å². The first-order valence-electron chi connectivity index (χ1n) is 8.03. The summed E-state index contributed by atoms with van der Waals surface area (Å²) in [5, 5.41) is 0. The molecule has 118 valence electrons. The van der Waals surface area contributed by atoms with E-state index in [9.17, 15) is 4.79 Å². The second-order valence-corrected chi connectivity index (χ2v) is 7.16. The van der Waals surface area contributed by atoms with Crippen molar-refractivity contribution in [2.75, 3.05) is 0 Å². The van der Waals surface area contributed by atoms with Crippen LogP contribution in [0, 0.1) is 5.92 Å². The number of hydrogen-bond donors (Lipinski definition) is 0. The maximum absolute atomic E-state index is 12.1. The fourth-order valence-electron chi connectivity index (χ4n) is 3.76. The minimum Gasteiger partial charge on any atom is -0.456 e. The zero-order valence-corrected chi connectivity index (χ0v) is 13.5. The summed E-state index contributed by atoms with van der Waals surface area (Å²) in [7, 11) is 0. The first kappa shape index (κ1) is 15.3. The Morgan fingerprint density at radius 1 is 1.27 bits per heavy atom. The first-order chi connectivity index (χ1) is 10.4. The lowest BCUT2D eigenvalue weighted by Gasteiger charge is -2.56. The van der Waals surface area contributed by atoms with Crippen LogP contribution in [0.3, 0.4) is 0 Å². The minimum atomic E-state index is -0.353. The molecule has 3 atom stereocenters. The van der Waals surface area contributed by atoms with Crippen LogP contribution in [0.1, 0.15) is 45.6 Å². The van der Waals surface area contributed by atoms with Crippen molar-refractivity contribution in [3.05, 3.63) is 42.0 Å². The van der Waals surface area contributed by atoms with Gasteiger partial charge in [0.25, 0.3) is 0 Å². The molecule has 0 radical (unpaired) electrons. The molecule has 0 unspecified atom stereocenters. The van der Waals surface area contributed by atoms with Crippen LogP contribution in [0.2, 0.25) is 0 Å². The normalized spacial score (nSPS) is 33.0. The number of benzene rings is 1. The van der Waals surface area contributed by atoms with Gasteiger partial charge >= 0.3 is 5.97 Å². The lowest BCUT2D eigenvalue weighted by atomic mass is 9.67. The number of ether oxygens (including phenoxy) is 2. The lowest BCUT2D eigenvalue weighted by molar-refractivity contribution is -0.277. The third-order valence-electron chi connectivity index (χ3n) is 5.12. The SMILES string of the molecule is CC1(C)O[C@]2(C)CC[C@@H]1C[C@@H]2OC(=O)/C=C/c1ccccc1. The Labute approximate surface area is 132 Å². The van der Waals surface area contributed by atoms with E-state index in [1.807, 2.05) is 30.3 Å². The van der Waals surface area contributed by atoms with E-state index in [0.717, 1.165) is 24.8 Å². The van der Waals surface area contributed by atoms with E-state index in [0.29, 0.717) is 5.92 Å². The summed E-state index contributed by atoms with van der Waals surface area (Å²) in [6.45, 7) is 6.35. The van der Waals surface area contributed by atoms with Gasteiger partial charge in [0.05, 0.1) is 5.60 Å². The molecule has 0 spiro atoms. The molecule has 1 saturated carbocycles. The molecule has 3 fully saturated rings. The van der Waals surface area contributed by atoms with Gasteiger partial charge in [-0.2, -0.15) is 0 Å². The van der Waals surface area contributed by atoms with Gasteiger partial charge in [-0.25, -0.2) is 4.79 Å². The summed E-state index contributed by atoms with van der Waals surface area (Å²) >= 11 is 0. The average Bonchev–Trinajstić information content (AvgIpc) is 2.47. The molecule has 3 heteroatoms. The van der Waals surface area contributed by atoms with Crippen LogP contribution < -0.4 is 0 Å². The fraction of sp³-hybridized carbons (Fsp3) is 0.526.